The molecule has 0 bridgehead atoms. The largest absolute Gasteiger partial charge is 0.490 e. The smallest absolute Gasteiger partial charge is 0.316 e. The van der Waals surface area contributed by atoms with Gasteiger partial charge in [0.2, 0.25) is 11.7 Å². The van der Waals surface area contributed by atoms with Crippen LogP contribution in [0.15, 0.2) is 71.0 Å². The molecule has 0 saturated heterocycles. The van der Waals surface area contributed by atoms with Gasteiger partial charge in [-0.25, -0.2) is 0 Å². The molecule has 2 aromatic heterocycles. The van der Waals surface area contributed by atoms with Gasteiger partial charge >= 0.3 is 5.56 Å². The zero-order valence-electron chi connectivity index (χ0n) is 14.2. The molecule has 6 heteroatoms. The maximum absolute atomic E-state index is 12.2. The Labute approximate surface area is 154 Å². The van der Waals surface area contributed by atoms with Gasteiger partial charge in [-0.3, -0.25) is 4.79 Å². The minimum absolute atomic E-state index is 0.222. The van der Waals surface area contributed by atoms with Crippen LogP contribution in [0.2, 0.25) is 0 Å². The molecule has 0 aliphatic rings. The number of ether oxygens (including phenoxy) is 1. The number of anilines is 2. The summed E-state index contributed by atoms with van der Waals surface area (Å²) in [4.78, 5) is 16.4. The monoisotopic (exact) mass is 363 g/mol. The second-order valence-corrected chi connectivity index (χ2v) is 6.76. The summed E-state index contributed by atoms with van der Waals surface area (Å²) in [7, 11) is 1.48. The Kier molecular flexibility index (Phi) is 4.41. The Bertz CT molecular complexity index is 1100. The van der Waals surface area contributed by atoms with Crippen LogP contribution in [0.25, 0.3) is 10.1 Å². The van der Waals surface area contributed by atoms with Gasteiger partial charge in [0, 0.05) is 15.8 Å². The molecule has 0 fully saturated rings. The van der Waals surface area contributed by atoms with Crippen LogP contribution in [-0.4, -0.2) is 16.7 Å². The molecule has 5 nitrogen and oxygen atoms in total. The highest BCUT2D eigenvalue weighted by atomic mass is 32.1. The molecule has 0 unspecified atom stereocenters. The van der Waals surface area contributed by atoms with Crippen molar-refractivity contribution in [1.29, 1.82) is 0 Å². The zero-order valence-corrected chi connectivity index (χ0v) is 15.0. The molecule has 0 spiro atoms. The fraction of sp³-hybridized carbons (Fsp3) is 0.100. The van der Waals surface area contributed by atoms with Gasteiger partial charge in [-0.15, -0.1) is 11.3 Å². The number of methoxy groups -OCH3 is 1. The van der Waals surface area contributed by atoms with E-state index in [4.69, 9.17) is 4.74 Å². The molecular formula is C20H17N3O2S. The number of nitrogens with zero attached hydrogens (tertiary/aromatic N) is 2. The molecule has 0 aliphatic heterocycles. The molecule has 1 N–H and O–H groups in total. The topological polar surface area (TPSA) is 56.1 Å². The minimum atomic E-state index is -0.392. The van der Waals surface area contributed by atoms with Gasteiger partial charge in [-0.05, 0) is 29.1 Å². The van der Waals surface area contributed by atoms with E-state index in [2.05, 4.69) is 22.4 Å². The van der Waals surface area contributed by atoms with Crippen LogP contribution in [0.5, 0.6) is 5.75 Å². The Morgan fingerprint density at radius 1 is 1.12 bits per heavy atom. The van der Waals surface area contributed by atoms with Crippen LogP contribution >= 0.6 is 11.3 Å². The van der Waals surface area contributed by atoms with E-state index >= 15 is 0 Å². The molecule has 0 saturated carbocycles. The van der Waals surface area contributed by atoms with Gasteiger partial charge < -0.3 is 14.6 Å². The van der Waals surface area contributed by atoms with Crippen molar-refractivity contribution in [2.24, 2.45) is 0 Å². The van der Waals surface area contributed by atoms with Crippen LogP contribution in [0.4, 0.5) is 11.6 Å². The lowest BCUT2D eigenvalue weighted by atomic mass is 10.2. The molecule has 2 heterocycles. The van der Waals surface area contributed by atoms with Gasteiger partial charge in [-0.2, -0.15) is 4.98 Å². The maximum Gasteiger partial charge on any atom is 0.316 e. The second kappa shape index (κ2) is 7.01. The molecule has 0 amide bonds. The Morgan fingerprint density at radius 2 is 1.96 bits per heavy atom. The number of nitrogens with one attached hydrogen (secondary N) is 1. The molecule has 130 valence electrons. The number of thiophene rings is 1. The number of fused-ring (bicyclic) bond motifs is 1. The summed E-state index contributed by atoms with van der Waals surface area (Å²) in [6, 6.07) is 18.1. The third-order valence-electron chi connectivity index (χ3n) is 4.12. The SMILES string of the molecule is COc1cn(Cc2ccccc2)c(Nc2cccc3sccc23)nc1=O. The van der Waals surface area contributed by atoms with Crippen molar-refractivity contribution in [2.45, 2.75) is 6.54 Å². The molecule has 0 radical (unpaired) electrons. The van der Waals surface area contributed by atoms with Crippen molar-refractivity contribution in [3.8, 4) is 5.75 Å². The van der Waals surface area contributed by atoms with E-state index < -0.39 is 5.56 Å². The van der Waals surface area contributed by atoms with Crippen LogP contribution in [-0.2, 0) is 6.54 Å². The van der Waals surface area contributed by atoms with E-state index in [9.17, 15) is 4.79 Å². The first-order valence-corrected chi connectivity index (χ1v) is 9.05. The Hall–Kier alpha value is -3.12. The average molecular weight is 363 g/mol. The lowest BCUT2D eigenvalue weighted by Gasteiger charge is -2.15. The lowest BCUT2D eigenvalue weighted by Crippen LogP contribution is -2.18. The molecule has 4 aromatic rings. The fourth-order valence-electron chi connectivity index (χ4n) is 2.84. The summed E-state index contributed by atoms with van der Waals surface area (Å²) in [5.41, 5.74) is 1.64. The van der Waals surface area contributed by atoms with Gasteiger partial charge in [0.1, 0.15) is 0 Å². The van der Waals surface area contributed by atoms with Gasteiger partial charge in [0.25, 0.3) is 0 Å². The fourth-order valence-corrected chi connectivity index (χ4v) is 3.65. The number of hydrogen-bond acceptors (Lipinski definition) is 5. The number of aromatic nitrogens is 2. The lowest BCUT2D eigenvalue weighted by molar-refractivity contribution is 0.402. The summed E-state index contributed by atoms with van der Waals surface area (Å²) >= 11 is 1.68. The normalized spacial score (nSPS) is 10.8. The van der Waals surface area contributed by atoms with Crippen molar-refractivity contribution < 1.29 is 4.74 Å². The molecule has 26 heavy (non-hydrogen) atoms. The number of rotatable bonds is 5. The van der Waals surface area contributed by atoms with Crippen LogP contribution < -0.4 is 15.6 Å². The second-order valence-electron chi connectivity index (χ2n) is 5.81. The average Bonchev–Trinajstić information content (AvgIpc) is 3.14. The predicted molar refractivity (Wildman–Crippen MR) is 106 cm³/mol. The van der Waals surface area contributed by atoms with Crippen molar-refractivity contribution in [3.05, 3.63) is 82.1 Å². The standard InChI is InChI=1S/C20H17N3O2S/c1-25-17-13-23(12-14-6-3-2-4-7-14)20(22-19(17)24)21-16-8-5-9-18-15(16)10-11-26-18/h2-11,13H,12H2,1H3,(H,21,22,24). The third-order valence-corrected chi connectivity index (χ3v) is 5.00. The molecule has 0 aliphatic carbocycles. The maximum atomic E-state index is 12.2. The molecular weight excluding hydrogens is 346 g/mol. The van der Waals surface area contributed by atoms with E-state index in [1.54, 1.807) is 17.5 Å². The van der Waals surface area contributed by atoms with Gasteiger partial charge in [0.15, 0.2) is 0 Å². The zero-order chi connectivity index (χ0) is 17.9. The van der Waals surface area contributed by atoms with Crippen molar-refractivity contribution in [3.63, 3.8) is 0 Å². The predicted octanol–water partition coefficient (Wildman–Crippen LogP) is 4.26. The highest BCUT2D eigenvalue weighted by Crippen LogP contribution is 2.29. The van der Waals surface area contributed by atoms with Gasteiger partial charge in [-0.1, -0.05) is 36.4 Å². The summed E-state index contributed by atoms with van der Waals surface area (Å²) in [5.74, 6) is 0.707. The quantitative estimate of drug-likeness (QED) is 0.576. The summed E-state index contributed by atoms with van der Waals surface area (Å²) in [6.07, 6.45) is 1.69. The molecule has 2 aromatic carbocycles. The van der Waals surface area contributed by atoms with E-state index in [1.165, 1.54) is 11.8 Å². The number of benzene rings is 2. The van der Waals surface area contributed by atoms with Crippen molar-refractivity contribution >= 4 is 33.1 Å². The van der Waals surface area contributed by atoms with Gasteiger partial charge in [0.05, 0.1) is 19.9 Å². The van der Waals surface area contributed by atoms with Crippen LogP contribution in [0.3, 0.4) is 0 Å². The summed E-state index contributed by atoms with van der Waals surface area (Å²) in [5, 5.41) is 6.47. The van der Waals surface area contributed by atoms with Crippen molar-refractivity contribution in [2.75, 3.05) is 12.4 Å². The van der Waals surface area contributed by atoms with Crippen LogP contribution in [0, 0.1) is 0 Å². The molecule has 4 rings (SSSR count). The number of hydrogen-bond donors (Lipinski definition) is 1. The van der Waals surface area contributed by atoms with E-state index in [1.807, 2.05) is 52.4 Å². The highest BCUT2D eigenvalue weighted by molar-refractivity contribution is 7.17. The Balaban J connectivity index is 1.78. The van der Waals surface area contributed by atoms with Crippen LogP contribution in [0.1, 0.15) is 5.56 Å². The summed E-state index contributed by atoms with van der Waals surface area (Å²) in [6.45, 7) is 0.576. The first-order chi connectivity index (χ1) is 12.7. The summed E-state index contributed by atoms with van der Waals surface area (Å²) < 4.78 is 8.24. The molecule has 0 atom stereocenters. The van der Waals surface area contributed by atoms with E-state index in [-0.39, 0.29) is 5.75 Å². The first kappa shape index (κ1) is 16.4. The minimum Gasteiger partial charge on any atom is -0.490 e. The van der Waals surface area contributed by atoms with E-state index in [0.29, 0.717) is 12.5 Å². The first-order valence-electron chi connectivity index (χ1n) is 8.17. The Morgan fingerprint density at radius 3 is 2.77 bits per heavy atom. The van der Waals surface area contributed by atoms with Crippen molar-refractivity contribution in [1.82, 2.24) is 9.55 Å². The van der Waals surface area contributed by atoms with E-state index in [0.717, 1.165) is 16.6 Å². The highest BCUT2D eigenvalue weighted by Gasteiger charge is 2.11. The third kappa shape index (κ3) is 3.19.